The monoisotopic (exact) mass is 671 g/mol. The van der Waals surface area contributed by atoms with Gasteiger partial charge in [0, 0.05) is 64.0 Å². The van der Waals surface area contributed by atoms with Crippen molar-refractivity contribution < 1.29 is 8.83 Å². The molecule has 0 bridgehead atoms. The highest BCUT2D eigenvalue weighted by Crippen LogP contribution is 2.41. The summed E-state index contributed by atoms with van der Waals surface area (Å²) in [5, 5.41) is 6.75. The van der Waals surface area contributed by atoms with Crippen molar-refractivity contribution in [2.24, 2.45) is 0 Å². The fraction of sp³-hybridized carbons (Fsp3) is 0. The molecule has 7 aromatic carbocycles. The number of thiophene rings is 1. The largest absolute Gasteiger partial charge is 0.456 e. The second-order valence-electron chi connectivity index (χ2n) is 12.8. The number of para-hydroxylation sites is 3. The van der Waals surface area contributed by atoms with E-state index in [0.717, 1.165) is 71.7 Å². The summed E-state index contributed by atoms with van der Waals surface area (Å²) in [5.41, 5.74) is 8.53. The third kappa shape index (κ3) is 4.50. The third-order valence-electron chi connectivity index (χ3n) is 9.75. The van der Waals surface area contributed by atoms with Crippen LogP contribution in [0.3, 0.4) is 0 Å². The second-order valence-corrected chi connectivity index (χ2v) is 13.9. The average molecular weight is 672 g/mol. The van der Waals surface area contributed by atoms with Gasteiger partial charge >= 0.3 is 0 Å². The summed E-state index contributed by atoms with van der Waals surface area (Å²) in [6, 6.07) is 52.2. The molecule has 0 aliphatic heterocycles. The van der Waals surface area contributed by atoms with Crippen molar-refractivity contribution in [3.63, 3.8) is 0 Å². The maximum atomic E-state index is 6.37. The van der Waals surface area contributed by atoms with Crippen LogP contribution in [-0.4, -0.2) is 15.0 Å². The zero-order valence-corrected chi connectivity index (χ0v) is 27.8. The predicted molar refractivity (Wildman–Crippen MR) is 209 cm³/mol. The lowest BCUT2D eigenvalue weighted by molar-refractivity contribution is 0.669. The smallest absolute Gasteiger partial charge is 0.164 e. The Bertz CT molecular complexity index is 3160. The van der Waals surface area contributed by atoms with Gasteiger partial charge in [0.15, 0.2) is 17.5 Å². The first-order valence-electron chi connectivity index (χ1n) is 16.8. The molecule has 0 atom stereocenters. The first-order valence-corrected chi connectivity index (χ1v) is 17.7. The zero-order valence-electron chi connectivity index (χ0n) is 27.0. The van der Waals surface area contributed by atoms with E-state index in [1.807, 2.05) is 72.8 Å². The van der Waals surface area contributed by atoms with Crippen LogP contribution in [0.15, 0.2) is 160 Å². The van der Waals surface area contributed by atoms with Crippen LogP contribution in [0.2, 0.25) is 0 Å². The Morgan fingerprint density at radius 3 is 1.76 bits per heavy atom. The molecule has 0 aliphatic carbocycles. The minimum Gasteiger partial charge on any atom is -0.456 e. The van der Waals surface area contributed by atoms with Crippen molar-refractivity contribution in [2.75, 3.05) is 0 Å². The molecule has 51 heavy (non-hydrogen) atoms. The van der Waals surface area contributed by atoms with Gasteiger partial charge < -0.3 is 8.83 Å². The molecule has 5 nitrogen and oxygen atoms in total. The molecule has 0 saturated heterocycles. The number of nitrogens with zero attached hydrogens (tertiary/aromatic N) is 3. The highest BCUT2D eigenvalue weighted by Gasteiger charge is 2.17. The zero-order chi connectivity index (χ0) is 33.5. The number of hydrogen-bond acceptors (Lipinski definition) is 6. The van der Waals surface area contributed by atoms with Gasteiger partial charge in [-0.25, -0.2) is 15.0 Å². The molecule has 0 fully saturated rings. The molecule has 0 saturated carbocycles. The molecule has 0 aliphatic rings. The number of rotatable bonds is 4. The van der Waals surface area contributed by atoms with E-state index >= 15 is 0 Å². The third-order valence-corrected chi connectivity index (χ3v) is 10.9. The lowest BCUT2D eigenvalue weighted by Crippen LogP contribution is -2.00. The number of aromatic nitrogens is 3. The lowest BCUT2D eigenvalue weighted by Gasteiger charge is -2.09. The van der Waals surface area contributed by atoms with Gasteiger partial charge in [-0.05, 0) is 60.2 Å². The van der Waals surface area contributed by atoms with Crippen LogP contribution in [0.5, 0.6) is 0 Å². The van der Waals surface area contributed by atoms with Crippen LogP contribution >= 0.6 is 11.3 Å². The Labute approximate surface area is 295 Å². The summed E-state index contributed by atoms with van der Waals surface area (Å²) in [6.07, 6.45) is 0. The van der Waals surface area contributed by atoms with Crippen molar-refractivity contribution in [3.05, 3.63) is 152 Å². The lowest BCUT2D eigenvalue weighted by atomic mass is 10.0. The van der Waals surface area contributed by atoms with Gasteiger partial charge in [0.05, 0.1) is 0 Å². The molecule has 238 valence electrons. The van der Waals surface area contributed by atoms with Crippen molar-refractivity contribution >= 4 is 75.4 Å². The maximum absolute atomic E-state index is 6.37. The second kappa shape index (κ2) is 10.9. The van der Waals surface area contributed by atoms with Crippen molar-refractivity contribution in [3.8, 4) is 45.3 Å². The summed E-state index contributed by atoms with van der Waals surface area (Å²) in [5.74, 6) is 1.88. The summed E-state index contributed by atoms with van der Waals surface area (Å²) in [4.78, 5) is 15.1. The Hall–Kier alpha value is -6.63. The van der Waals surface area contributed by atoms with Crippen LogP contribution in [0.4, 0.5) is 0 Å². The van der Waals surface area contributed by atoms with Crippen LogP contribution in [-0.2, 0) is 0 Å². The van der Waals surface area contributed by atoms with Crippen molar-refractivity contribution in [1.29, 1.82) is 0 Å². The molecule has 0 spiro atoms. The molecule has 0 amide bonds. The summed E-state index contributed by atoms with van der Waals surface area (Å²) in [7, 11) is 0. The Morgan fingerprint density at radius 2 is 0.961 bits per heavy atom. The van der Waals surface area contributed by atoms with Crippen LogP contribution in [0, 0.1) is 0 Å². The summed E-state index contributed by atoms with van der Waals surface area (Å²) in [6.45, 7) is 0. The minimum absolute atomic E-state index is 0.616. The number of hydrogen-bond donors (Lipinski definition) is 0. The Morgan fingerprint density at radius 1 is 0.353 bits per heavy atom. The molecule has 0 unspecified atom stereocenters. The quantitative estimate of drug-likeness (QED) is 0.186. The van der Waals surface area contributed by atoms with E-state index in [4.69, 9.17) is 23.8 Å². The predicted octanol–water partition coefficient (Wildman–Crippen LogP) is 12.7. The standard InChI is InChI=1S/C45H25N3O2S/c1-2-9-26(10-3-1)43-46-44(28-18-21-39-35(23-28)32-12-5-6-15-37(32)49-39)48-45(47-43)29-19-22-40-36(24-29)33-20-17-27(25-41(33)51-40)30-13-8-14-34-31-11-4-7-16-38(31)50-42(30)34/h1-25H. The maximum Gasteiger partial charge on any atom is 0.164 e. The summed E-state index contributed by atoms with van der Waals surface area (Å²) < 4.78 is 14.9. The number of furan rings is 2. The molecule has 4 aromatic heterocycles. The van der Waals surface area contributed by atoms with Crippen molar-refractivity contribution in [1.82, 2.24) is 15.0 Å². The average Bonchev–Trinajstić information content (AvgIpc) is 3.88. The fourth-order valence-electron chi connectivity index (χ4n) is 7.27. The fourth-order valence-corrected chi connectivity index (χ4v) is 8.40. The first-order chi connectivity index (χ1) is 25.2. The van der Waals surface area contributed by atoms with Gasteiger partial charge in [0.1, 0.15) is 22.3 Å². The first kappa shape index (κ1) is 28.2. The molecule has 11 rings (SSSR count). The van der Waals surface area contributed by atoms with Crippen LogP contribution in [0.1, 0.15) is 0 Å². The highest BCUT2D eigenvalue weighted by molar-refractivity contribution is 7.25. The van der Waals surface area contributed by atoms with Gasteiger partial charge in [-0.3, -0.25) is 0 Å². The molecule has 0 N–H and O–H groups in total. The molecule has 6 heteroatoms. The number of fused-ring (bicyclic) bond motifs is 9. The van der Waals surface area contributed by atoms with Crippen molar-refractivity contribution in [2.45, 2.75) is 0 Å². The number of benzene rings is 7. The molecule has 4 heterocycles. The van der Waals surface area contributed by atoms with E-state index in [1.54, 1.807) is 11.3 Å². The van der Waals surface area contributed by atoms with E-state index in [-0.39, 0.29) is 0 Å². The minimum atomic E-state index is 0.616. The normalized spacial score (nSPS) is 11.9. The Kier molecular flexibility index (Phi) is 6.05. The van der Waals surface area contributed by atoms with E-state index in [0.29, 0.717) is 17.5 Å². The van der Waals surface area contributed by atoms with E-state index < -0.39 is 0 Å². The van der Waals surface area contributed by atoms with E-state index in [1.165, 1.54) is 20.2 Å². The van der Waals surface area contributed by atoms with Gasteiger partial charge in [-0.1, -0.05) is 97.1 Å². The highest BCUT2D eigenvalue weighted by atomic mass is 32.1. The van der Waals surface area contributed by atoms with Gasteiger partial charge in [0.25, 0.3) is 0 Å². The van der Waals surface area contributed by atoms with Crippen LogP contribution in [0.25, 0.3) is 109 Å². The summed E-state index contributed by atoms with van der Waals surface area (Å²) >= 11 is 1.80. The van der Waals surface area contributed by atoms with Gasteiger partial charge in [-0.2, -0.15) is 0 Å². The van der Waals surface area contributed by atoms with E-state index in [2.05, 4.69) is 78.9 Å². The van der Waals surface area contributed by atoms with Gasteiger partial charge in [0.2, 0.25) is 0 Å². The van der Waals surface area contributed by atoms with Crippen LogP contribution < -0.4 is 0 Å². The molecule has 11 aromatic rings. The van der Waals surface area contributed by atoms with Gasteiger partial charge in [-0.15, -0.1) is 11.3 Å². The Balaban J connectivity index is 1.05. The molecular formula is C45H25N3O2S. The van der Waals surface area contributed by atoms with E-state index in [9.17, 15) is 0 Å². The topological polar surface area (TPSA) is 65.0 Å². The molecular weight excluding hydrogens is 647 g/mol. The SMILES string of the molecule is c1ccc(-c2nc(-c3ccc4oc5ccccc5c4c3)nc(-c3ccc4sc5cc(-c6cccc7c6oc6ccccc67)ccc5c4c3)n2)cc1. The molecule has 0 radical (unpaired) electrons.